The van der Waals surface area contributed by atoms with Crippen molar-refractivity contribution < 1.29 is 24.1 Å². The lowest BCUT2D eigenvalue weighted by atomic mass is 10.1. The smallest absolute Gasteiger partial charge is 0.208 e. The number of fused-ring (bicyclic) bond motifs is 1. The van der Waals surface area contributed by atoms with Crippen LogP contribution in [0.1, 0.15) is 5.76 Å². The summed E-state index contributed by atoms with van der Waals surface area (Å²) >= 11 is 0. The molecule has 2 N–H and O–H groups in total. The molecule has 0 aliphatic heterocycles. The molecule has 0 aliphatic carbocycles. The number of benzene rings is 1. The molecular formula is C12H12O6. The maximum absolute atomic E-state index is 11.9. The van der Waals surface area contributed by atoms with Gasteiger partial charge in [-0.3, -0.25) is 4.79 Å². The number of phenols is 2. The zero-order valence-corrected chi connectivity index (χ0v) is 10.1. The molecular weight excluding hydrogens is 240 g/mol. The molecule has 2 rings (SSSR count). The minimum Gasteiger partial charge on any atom is -0.504 e. The van der Waals surface area contributed by atoms with Crippen molar-refractivity contribution in [1.82, 2.24) is 0 Å². The van der Waals surface area contributed by atoms with E-state index in [0.717, 1.165) is 0 Å². The monoisotopic (exact) mass is 252 g/mol. The average Bonchev–Trinajstić information content (AvgIpc) is 2.28. The molecule has 96 valence electrons. The molecule has 0 radical (unpaired) electrons. The highest BCUT2D eigenvalue weighted by atomic mass is 16.5. The second-order valence-corrected chi connectivity index (χ2v) is 3.69. The number of aryl methyl sites for hydroxylation is 1. The number of aromatic hydroxyl groups is 2. The number of hydrogen-bond acceptors (Lipinski definition) is 6. The second kappa shape index (κ2) is 4.14. The molecule has 0 saturated heterocycles. The van der Waals surface area contributed by atoms with Crippen LogP contribution in [0.5, 0.6) is 23.0 Å². The molecule has 1 aromatic heterocycles. The third kappa shape index (κ3) is 1.54. The number of phenolic OH excluding ortho intramolecular Hbond substituents is 2. The molecule has 0 unspecified atom stereocenters. The van der Waals surface area contributed by atoms with Gasteiger partial charge in [0.1, 0.15) is 11.1 Å². The van der Waals surface area contributed by atoms with Gasteiger partial charge in [-0.25, -0.2) is 0 Å². The van der Waals surface area contributed by atoms with Crippen LogP contribution in [0.2, 0.25) is 0 Å². The van der Waals surface area contributed by atoms with Crippen LogP contribution < -0.4 is 14.9 Å². The predicted molar refractivity (Wildman–Crippen MR) is 63.7 cm³/mol. The first-order chi connectivity index (χ1) is 8.51. The van der Waals surface area contributed by atoms with Gasteiger partial charge in [-0.05, 0) is 6.92 Å². The molecule has 0 saturated carbocycles. The van der Waals surface area contributed by atoms with E-state index in [0.29, 0.717) is 5.76 Å². The third-order valence-corrected chi connectivity index (χ3v) is 2.57. The molecule has 0 spiro atoms. The van der Waals surface area contributed by atoms with Gasteiger partial charge in [0, 0.05) is 6.07 Å². The largest absolute Gasteiger partial charge is 0.504 e. The molecule has 1 aromatic carbocycles. The Balaban J connectivity index is 3.09. The van der Waals surface area contributed by atoms with Gasteiger partial charge in [-0.2, -0.15) is 0 Å². The SMILES string of the molecule is COc1c(O)c(OC)c2oc(C)cc(=O)c2c1O. The van der Waals surface area contributed by atoms with E-state index in [1.54, 1.807) is 6.92 Å². The number of ether oxygens (including phenoxy) is 2. The fourth-order valence-electron chi connectivity index (χ4n) is 1.81. The number of rotatable bonds is 2. The standard InChI is InChI=1S/C12H12O6/c1-5-4-6(13)7-8(14)11(16-2)9(15)12(17-3)10(7)18-5/h4,14-15H,1-3H3. The van der Waals surface area contributed by atoms with Gasteiger partial charge in [0.15, 0.2) is 16.8 Å². The quantitative estimate of drug-likeness (QED) is 0.842. The highest BCUT2D eigenvalue weighted by Crippen LogP contribution is 2.48. The van der Waals surface area contributed by atoms with Crippen molar-refractivity contribution in [3.05, 3.63) is 22.0 Å². The first-order valence-electron chi connectivity index (χ1n) is 5.11. The van der Waals surface area contributed by atoms with E-state index in [1.165, 1.54) is 20.3 Å². The summed E-state index contributed by atoms with van der Waals surface area (Å²) in [5.41, 5.74) is -0.457. The van der Waals surface area contributed by atoms with Gasteiger partial charge >= 0.3 is 0 Å². The summed E-state index contributed by atoms with van der Waals surface area (Å²) in [6.07, 6.45) is 0. The summed E-state index contributed by atoms with van der Waals surface area (Å²) in [6.45, 7) is 1.58. The van der Waals surface area contributed by atoms with Crippen LogP contribution in [0.3, 0.4) is 0 Å². The van der Waals surface area contributed by atoms with Gasteiger partial charge in [0.25, 0.3) is 0 Å². The van der Waals surface area contributed by atoms with Crippen LogP contribution >= 0.6 is 0 Å². The van der Waals surface area contributed by atoms with Crippen LogP contribution in [0, 0.1) is 6.92 Å². The fourth-order valence-corrected chi connectivity index (χ4v) is 1.81. The van der Waals surface area contributed by atoms with E-state index in [-0.39, 0.29) is 22.5 Å². The van der Waals surface area contributed by atoms with Crippen molar-refractivity contribution in [3.63, 3.8) is 0 Å². The van der Waals surface area contributed by atoms with E-state index in [4.69, 9.17) is 13.9 Å². The Morgan fingerprint density at radius 3 is 2.28 bits per heavy atom. The van der Waals surface area contributed by atoms with Crippen LogP contribution in [-0.2, 0) is 0 Å². The van der Waals surface area contributed by atoms with Crippen molar-refractivity contribution in [2.24, 2.45) is 0 Å². The lowest BCUT2D eigenvalue weighted by molar-refractivity contribution is 0.323. The van der Waals surface area contributed by atoms with E-state index >= 15 is 0 Å². The van der Waals surface area contributed by atoms with Gasteiger partial charge in [-0.1, -0.05) is 0 Å². The zero-order valence-electron chi connectivity index (χ0n) is 10.1. The Hall–Kier alpha value is -2.37. The first-order valence-corrected chi connectivity index (χ1v) is 5.11. The molecule has 0 bridgehead atoms. The zero-order chi connectivity index (χ0) is 13.4. The summed E-state index contributed by atoms with van der Waals surface area (Å²) in [7, 11) is 2.57. The van der Waals surface area contributed by atoms with Crippen LogP contribution in [-0.4, -0.2) is 24.4 Å². The Morgan fingerprint density at radius 1 is 1.11 bits per heavy atom. The van der Waals surface area contributed by atoms with Gasteiger partial charge in [0.2, 0.25) is 17.2 Å². The molecule has 0 fully saturated rings. The Labute approximate surface area is 102 Å². The molecule has 6 heteroatoms. The van der Waals surface area contributed by atoms with Crippen LogP contribution in [0.4, 0.5) is 0 Å². The van der Waals surface area contributed by atoms with E-state index in [9.17, 15) is 15.0 Å². The summed E-state index contributed by atoms with van der Waals surface area (Å²) in [4.78, 5) is 11.9. The van der Waals surface area contributed by atoms with Crippen molar-refractivity contribution in [3.8, 4) is 23.0 Å². The van der Waals surface area contributed by atoms with Crippen molar-refractivity contribution in [2.75, 3.05) is 14.2 Å². The summed E-state index contributed by atoms with van der Waals surface area (Å²) in [5.74, 6) is -0.830. The van der Waals surface area contributed by atoms with Crippen molar-refractivity contribution in [1.29, 1.82) is 0 Å². The molecule has 2 aromatic rings. The Morgan fingerprint density at radius 2 is 1.72 bits per heavy atom. The molecule has 0 aliphatic rings. The summed E-state index contributed by atoms with van der Waals surface area (Å²) in [5, 5.41) is 19.7. The molecule has 0 amide bonds. The number of hydrogen-bond donors (Lipinski definition) is 2. The van der Waals surface area contributed by atoms with Gasteiger partial charge < -0.3 is 24.1 Å². The van der Waals surface area contributed by atoms with Crippen LogP contribution in [0.25, 0.3) is 11.0 Å². The van der Waals surface area contributed by atoms with E-state index < -0.39 is 16.9 Å². The molecule has 18 heavy (non-hydrogen) atoms. The Kier molecular flexibility index (Phi) is 2.78. The van der Waals surface area contributed by atoms with Crippen molar-refractivity contribution >= 4 is 11.0 Å². The Bertz CT molecular complexity index is 671. The maximum atomic E-state index is 11.9. The second-order valence-electron chi connectivity index (χ2n) is 3.69. The number of methoxy groups -OCH3 is 2. The highest BCUT2D eigenvalue weighted by Gasteiger charge is 2.24. The van der Waals surface area contributed by atoms with Crippen LogP contribution in [0.15, 0.2) is 15.3 Å². The van der Waals surface area contributed by atoms with E-state index in [2.05, 4.69) is 0 Å². The minimum absolute atomic E-state index is 0.0155. The van der Waals surface area contributed by atoms with Crippen molar-refractivity contribution in [2.45, 2.75) is 6.92 Å². The van der Waals surface area contributed by atoms with Gasteiger partial charge in [-0.15, -0.1) is 0 Å². The average molecular weight is 252 g/mol. The first kappa shape index (κ1) is 12.1. The normalized spacial score (nSPS) is 10.6. The lowest BCUT2D eigenvalue weighted by Crippen LogP contribution is -2.03. The maximum Gasteiger partial charge on any atom is 0.208 e. The third-order valence-electron chi connectivity index (χ3n) is 2.57. The molecule has 6 nitrogen and oxygen atoms in total. The molecule has 1 heterocycles. The summed E-state index contributed by atoms with van der Waals surface area (Å²) < 4.78 is 15.2. The van der Waals surface area contributed by atoms with E-state index in [1.807, 2.05) is 0 Å². The van der Waals surface area contributed by atoms with Gasteiger partial charge in [0.05, 0.1) is 14.2 Å². The minimum atomic E-state index is -0.473. The lowest BCUT2D eigenvalue weighted by Gasteiger charge is -2.12. The topological polar surface area (TPSA) is 89.1 Å². The fraction of sp³-hybridized carbons (Fsp3) is 0.250. The summed E-state index contributed by atoms with van der Waals surface area (Å²) in [6, 6.07) is 1.23. The predicted octanol–water partition coefficient (Wildman–Crippen LogP) is 1.53. The highest BCUT2D eigenvalue weighted by molar-refractivity contribution is 5.94. The molecule has 0 atom stereocenters.